The largest absolute Gasteiger partial charge is 0.325 e. The van der Waals surface area contributed by atoms with Crippen LogP contribution in [0.3, 0.4) is 0 Å². The molecule has 0 radical (unpaired) electrons. The summed E-state index contributed by atoms with van der Waals surface area (Å²) in [6, 6.07) is 0. The fraction of sp³-hybridized carbons (Fsp3) is 0.556. The van der Waals surface area contributed by atoms with Gasteiger partial charge in [-0.05, 0) is 25.2 Å². The fourth-order valence-electron chi connectivity index (χ4n) is 1.84. The summed E-state index contributed by atoms with van der Waals surface area (Å²) < 4.78 is 0. The Hall–Kier alpha value is -1.32. The van der Waals surface area contributed by atoms with Crippen LogP contribution in [0.25, 0.3) is 0 Å². The third kappa shape index (κ3) is 1.43. The van der Waals surface area contributed by atoms with E-state index in [1.165, 1.54) is 0 Å². The van der Waals surface area contributed by atoms with Gasteiger partial charge in [0.1, 0.15) is 0 Å². The Kier molecular flexibility index (Phi) is 1.83. The molecule has 1 aliphatic carbocycles. The summed E-state index contributed by atoms with van der Waals surface area (Å²) in [6.45, 7) is 2.13. The smallest absolute Gasteiger partial charge is 0.311 e. The number of hydrogen-bond acceptors (Lipinski definition) is 2. The van der Waals surface area contributed by atoms with Crippen molar-refractivity contribution in [2.24, 2.45) is 5.92 Å². The summed E-state index contributed by atoms with van der Waals surface area (Å²) in [5.74, 6) is 0.560. The average molecular weight is 180 g/mol. The standard InChI is InChI=1S/C9H12N2O2/c1-5-2-3-6-7(4-5)10-9(13)11-8(6)12/h5H,2-4H2,1H3,(H2,10,11,12,13). The molecule has 4 nitrogen and oxygen atoms in total. The lowest BCUT2D eigenvalue weighted by Gasteiger charge is -2.19. The predicted molar refractivity (Wildman–Crippen MR) is 48.9 cm³/mol. The van der Waals surface area contributed by atoms with Crippen molar-refractivity contribution in [1.29, 1.82) is 0 Å². The van der Waals surface area contributed by atoms with Crippen LogP contribution < -0.4 is 11.2 Å². The maximum Gasteiger partial charge on any atom is 0.325 e. The van der Waals surface area contributed by atoms with E-state index in [9.17, 15) is 9.59 Å². The number of rotatable bonds is 0. The molecule has 0 saturated carbocycles. The van der Waals surface area contributed by atoms with E-state index in [0.717, 1.165) is 30.5 Å². The van der Waals surface area contributed by atoms with Crippen molar-refractivity contribution in [3.05, 3.63) is 32.1 Å². The van der Waals surface area contributed by atoms with Crippen LogP contribution in [-0.4, -0.2) is 9.97 Å². The van der Waals surface area contributed by atoms with Gasteiger partial charge in [0.2, 0.25) is 0 Å². The van der Waals surface area contributed by atoms with Gasteiger partial charge in [-0.15, -0.1) is 0 Å². The van der Waals surface area contributed by atoms with Gasteiger partial charge in [0.15, 0.2) is 0 Å². The molecule has 1 aliphatic rings. The highest BCUT2D eigenvalue weighted by Crippen LogP contribution is 2.19. The third-order valence-corrected chi connectivity index (χ3v) is 2.57. The summed E-state index contributed by atoms with van der Waals surface area (Å²) in [5.41, 5.74) is 0.980. The normalized spacial score (nSPS) is 21.2. The van der Waals surface area contributed by atoms with Crippen molar-refractivity contribution in [1.82, 2.24) is 9.97 Å². The summed E-state index contributed by atoms with van der Waals surface area (Å²) in [4.78, 5) is 27.2. The lowest BCUT2D eigenvalue weighted by atomic mass is 9.89. The SMILES string of the molecule is CC1CCc2c([nH]c(=O)[nH]c2=O)C1. The van der Waals surface area contributed by atoms with E-state index in [2.05, 4.69) is 16.9 Å². The highest BCUT2D eigenvalue weighted by Gasteiger charge is 2.18. The Labute approximate surface area is 75.0 Å². The molecule has 0 spiro atoms. The maximum absolute atomic E-state index is 11.3. The van der Waals surface area contributed by atoms with E-state index < -0.39 is 5.69 Å². The van der Waals surface area contributed by atoms with Crippen LogP contribution in [0.1, 0.15) is 24.6 Å². The van der Waals surface area contributed by atoms with Crippen molar-refractivity contribution in [2.45, 2.75) is 26.2 Å². The molecule has 1 aromatic rings. The van der Waals surface area contributed by atoms with Gasteiger partial charge in [-0.1, -0.05) is 6.92 Å². The topological polar surface area (TPSA) is 65.7 Å². The van der Waals surface area contributed by atoms with Gasteiger partial charge in [-0.25, -0.2) is 4.79 Å². The molecule has 70 valence electrons. The molecular weight excluding hydrogens is 168 g/mol. The van der Waals surface area contributed by atoms with E-state index in [4.69, 9.17) is 0 Å². The lowest BCUT2D eigenvalue weighted by Crippen LogP contribution is -2.31. The van der Waals surface area contributed by atoms with Crippen molar-refractivity contribution in [2.75, 3.05) is 0 Å². The monoisotopic (exact) mass is 180 g/mol. The molecule has 1 unspecified atom stereocenters. The van der Waals surface area contributed by atoms with Crippen LogP contribution in [-0.2, 0) is 12.8 Å². The molecule has 2 rings (SSSR count). The summed E-state index contributed by atoms with van der Waals surface area (Å²) in [5, 5.41) is 0. The van der Waals surface area contributed by atoms with Crippen molar-refractivity contribution < 1.29 is 0 Å². The first-order valence-corrected chi connectivity index (χ1v) is 4.51. The molecule has 0 amide bonds. The van der Waals surface area contributed by atoms with E-state index >= 15 is 0 Å². The lowest BCUT2D eigenvalue weighted by molar-refractivity contribution is 0.486. The molecule has 0 bridgehead atoms. The Balaban J connectivity index is 2.60. The first-order valence-electron chi connectivity index (χ1n) is 4.51. The molecule has 1 heterocycles. The molecule has 0 fully saturated rings. The van der Waals surface area contributed by atoms with Crippen LogP contribution >= 0.6 is 0 Å². The highest BCUT2D eigenvalue weighted by atomic mass is 16.2. The van der Waals surface area contributed by atoms with Gasteiger partial charge in [0.05, 0.1) is 0 Å². The fourth-order valence-corrected chi connectivity index (χ4v) is 1.84. The molecule has 0 saturated heterocycles. The second-order valence-corrected chi connectivity index (χ2v) is 3.71. The van der Waals surface area contributed by atoms with Crippen molar-refractivity contribution in [3.8, 4) is 0 Å². The molecule has 4 heteroatoms. The number of H-pyrrole nitrogens is 2. The van der Waals surface area contributed by atoms with Gasteiger partial charge >= 0.3 is 5.69 Å². The van der Waals surface area contributed by atoms with Gasteiger partial charge in [0, 0.05) is 11.3 Å². The van der Waals surface area contributed by atoms with Gasteiger partial charge < -0.3 is 4.98 Å². The van der Waals surface area contributed by atoms with Crippen molar-refractivity contribution >= 4 is 0 Å². The number of fused-ring (bicyclic) bond motifs is 1. The van der Waals surface area contributed by atoms with Gasteiger partial charge in [-0.3, -0.25) is 9.78 Å². The van der Waals surface area contributed by atoms with Crippen LogP contribution in [0.4, 0.5) is 0 Å². The van der Waals surface area contributed by atoms with Crippen LogP contribution in [0.5, 0.6) is 0 Å². The summed E-state index contributed by atoms with van der Waals surface area (Å²) in [6.07, 6.45) is 2.62. The van der Waals surface area contributed by atoms with Crippen LogP contribution in [0.15, 0.2) is 9.59 Å². The van der Waals surface area contributed by atoms with E-state index in [0.29, 0.717) is 5.92 Å². The molecule has 0 aliphatic heterocycles. The molecule has 2 N–H and O–H groups in total. The second-order valence-electron chi connectivity index (χ2n) is 3.71. The zero-order valence-electron chi connectivity index (χ0n) is 7.52. The minimum absolute atomic E-state index is 0.217. The average Bonchev–Trinajstić information content (AvgIpc) is 2.02. The molecule has 1 atom stereocenters. The van der Waals surface area contributed by atoms with Gasteiger partial charge in [0.25, 0.3) is 5.56 Å². The van der Waals surface area contributed by atoms with E-state index in [-0.39, 0.29) is 5.56 Å². The minimum Gasteiger partial charge on any atom is -0.311 e. The van der Waals surface area contributed by atoms with Gasteiger partial charge in [-0.2, -0.15) is 0 Å². The Morgan fingerprint density at radius 3 is 2.85 bits per heavy atom. The number of hydrogen-bond donors (Lipinski definition) is 2. The zero-order valence-corrected chi connectivity index (χ0v) is 7.52. The van der Waals surface area contributed by atoms with E-state index in [1.807, 2.05) is 0 Å². The molecule has 13 heavy (non-hydrogen) atoms. The summed E-state index contributed by atoms with van der Waals surface area (Å²) >= 11 is 0. The summed E-state index contributed by atoms with van der Waals surface area (Å²) in [7, 11) is 0. The first-order chi connectivity index (χ1) is 6.16. The van der Waals surface area contributed by atoms with Crippen LogP contribution in [0, 0.1) is 5.92 Å². The quantitative estimate of drug-likeness (QED) is 0.598. The van der Waals surface area contributed by atoms with Crippen LogP contribution in [0.2, 0.25) is 0 Å². The second kappa shape index (κ2) is 2.87. The first kappa shape index (κ1) is 8.29. The van der Waals surface area contributed by atoms with E-state index in [1.54, 1.807) is 0 Å². The number of nitrogens with one attached hydrogen (secondary N) is 2. The predicted octanol–water partition coefficient (Wildman–Crippen LogP) is 0.188. The molecule has 1 aromatic heterocycles. The maximum atomic E-state index is 11.3. The Morgan fingerprint density at radius 2 is 2.08 bits per heavy atom. The Bertz CT molecular complexity index is 430. The van der Waals surface area contributed by atoms with Crippen molar-refractivity contribution in [3.63, 3.8) is 0 Å². The number of aromatic nitrogens is 2. The minimum atomic E-state index is -0.391. The Morgan fingerprint density at radius 1 is 1.31 bits per heavy atom. The zero-order chi connectivity index (χ0) is 9.42. The molecular formula is C9H12N2O2. The highest BCUT2D eigenvalue weighted by molar-refractivity contribution is 5.19. The third-order valence-electron chi connectivity index (χ3n) is 2.57. The number of aromatic amines is 2. The molecule has 0 aromatic carbocycles.